The molecule has 3 amide bonds. The highest BCUT2D eigenvalue weighted by Gasteiger charge is 2.27. The average molecular weight is 360 g/mol. The van der Waals surface area contributed by atoms with E-state index in [-0.39, 0.29) is 6.42 Å². The lowest BCUT2D eigenvalue weighted by Crippen LogP contribution is -2.53. The van der Waals surface area contributed by atoms with E-state index < -0.39 is 42.2 Å². The van der Waals surface area contributed by atoms with Gasteiger partial charge in [-0.05, 0) is 11.6 Å². The highest BCUT2D eigenvalue weighted by molar-refractivity contribution is 5.94. The molecule has 0 saturated carbocycles. The Morgan fingerprint density at radius 1 is 1.15 bits per heavy atom. The summed E-state index contributed by atoms with van der Waals surface area (Å²) in [5.41, 5.74) is 7.03. The Kier molecular flexibility index (Phi) is 5.94. The maximum absolute atomic E-state index is 12.3. The number of rotatable bonds is 8. The minimum Gasteiger partial charge on any atom is -0.481 e. The maximum atomic E-state index is 12.3. The first-order valence-corrected chi connectivity index (χ1v) is 7.91. The zero-order valence-corrected chi connectivity index (χ0v) is 14.1. The van der Waals surface area contributed by atoms with E-state index in [4.69, 9.17) is 10.8 Å². The molecule has 0 aliphatic rings. The molecule has 9 heteroatoms. The summed E-state index contributed by atoms with van der Waals surface area (Å²) in [6.07, 6.45) is 1.24. The Balaban J connectivity index is 2.16. The van der Waals surface area contributed by atoms with Gasteiger partial charge in [-0.1, -0.05) is 18.2 Å². The fourth-order valence-corrected chi connectivity index (χ4v) is 2.64. The number of primary amides is 1. The molecule has 1 heterocycles. The molecule has 1 aromatic heterocycles. The Labute approximate surface area is 148 Å². The van der Waals surface area contributed by atoms with Crippen molar-refractivity contribution in [1.29, 1.82) is 0 Å². The van der Waals surface area contributed by atoms with Gasteiger partial charge in [0.2, 0.25) is 17.7 Å². The number of hydrogen-bond donors (Lipinski definition) is 5. The van der Waals surface area contributed by atoms with E-state index in [9.17, 15) is 19.2 Å². The van der Waals surface area contributed by atoms with Crippen molar-refractivity contribution in [2.24, 2.45) is 5.73 Å². The number of aromatic nitrogens is 1. The van der Waals surface area contributed by atoms with E-state index in [0.29, 0.717) is 0 Å². The van der Waals surface area contributed by atoms with Crippen molar-refractivity contribution >= 4 is 34.6 Å². The lowest BCUT2D eigenvalue weighted by atomic mass is 10.0. The topological polar surface area (TPSA) is 154 Å². The first-order chi connectivity index (χ1) is 12.3. The zero-order chi connectivity index (χ0) is 19.3. The Morgan fingerprint density at radius 3 is 2.46 bits per heavy atom. The zero-order valence-electron chi connectivity index (χ0n) is 14.1. The predicted octanol–water partition coefficient (Wildman–Crippen LogP) is -0.340. The highest BCUT2D eigenvalue weighted by Crippen LogP contribution is 2.19. The number of para-hydroxylation sites is 1. The van der Waals surface area contributed by atoms with Gasteiger partial charge in [0.05, 0.1) is 6.42 Å². The number of aliphatic carboxylic acids is 1. The normalized spacial score (nSPS) is 13.0. The van der Waals surface area contributed by atoms with Crippen LogP contribution in [-0.4, -0.2) is 45.9 Å². The predicted molar refractivity (Wildman–Crippen MR) is 93.0 cm³/mol. The number of hydrogen-bond acceptors (Lipinski definition) is 4. The van der Waals surface area contributed by atoms with Crippen LogP contribution in [0.1, 0.15) is 18.9 Å². The van der Waals surface area contributed by atoms with Crippen molar-refractivity contribution in [3.05, 3.63) is 36.0 Å². The molecule has 1 aromatic carbocycles. The number of fused-ring (bicyclic) bond motifs is 1. The first-order valence-electron chi connectivity index (χ1n) is 7.91. The van der Waals surface area contributed by atoms with E-state index in [2.05, 4.69) is 15.6 Å². The van der Waals surface area contributed by atoms with Crippen LogP contribution < -0.4 is 16.4 Å². The van der Waals surface area contributed by atoms with E-state index in [1.807, 2.05) is 24.3 Å². The molecule has 0 aliphatic heterocycles. The number of carboxylic acids is 1. The molecule has 26 heavy (non-hydrogen) atoms. The van der Waals surface area contributed by atoms with Crippen LogP contribution in [0.3, 0.4) is 0 Å². The standard InChI is InChI=1S/C17H20N4O5/c1-9(22)20-14(7-15(23)24)17(26)21-13(16(18)25)6-10-8-19-12-5-3-2-4-11(10)12/h2-5,8,13-14,19H,6-7H2,1H3,(H2,18,25)(H,20,22)(H,21,26)(H,23,24)/t13-,14-/m0/s1. The van der Waals surface area contributed by atoms with Crippen LogP contribution in [0, 0.1) is 0 Å². The molecular formula is C17H20N4O5. The van der Waals surface area contributed by atoms with Crippen LogP contribution in [0.15, 0.2) is 30.5 Å². The minimum atomic E-state index is -1.30. The van der Waals surface area contributed by atoms with Gasteiger partial charge in [0, 0.05) is 30.4 Å². The highest BCUT2D eigenvalue weighted by atomic mass is 16.4. The molecule has 0 aliphatic carbocycles. The monoisotopic (exact) mass is 360 g/mol. The SMILES string of the molecule is CC(=O)N[C@@H](CC(=O)O)C(=O)N[C@@H](Cc1c[nH]c2ccccc12)C(N)=O. The fraction of sp³-hybridized carbons (Fsp3) is 0.294. The van der Waals surface area contributed by atoms with Crippen molar-refractivity contribution < 1.29 is 24.3 Å². The van der Waals surface area contributed by atoms with Gasteiger partial charge >= 0.3 is 5.97 Å². The van der Waals surface area contributed by atoms with Gasteiger partial charge < -0.3 is 26.5 Å². The number of carbonyl (C=O) groups excluding carboxylic acids is 3. The quantitative estimate of drug-likeness (QED) is 0.436. The lowest BCUT2D eigenvalue weighted by molar-refractivity contribution is -0.140. The summed E-state index contributed by atoms with van der Waals surface area (Å²) in [6, 6.07) is 5.10. The van der Waals surface area contributed by atoms with Crippen molar-refractivity contribution in [3.63, 3.8) is 0 Å². The van der Waals surface area contributed by atoms with E-state index in [0.717, 1.165) is 16.5 Å². The third-order valence-corrected chi connectivity index (χ3v) is 3.83. The molecule has 138 valence electrons. The van der Waals surface area contributed by atoms with Gasteiger partial charge in [0.25, 0.3) is 0 Å². The molecule has 6 N–H and O–H groups in total. The summed E-state index contributed by atoms with van der Waals surface area (Å²) in [4.78, 5) is 49.2. The smallest absolute Gasteiger partial charge is 0.305 e. The first kappa shape index (κ1) is 19.0. The molecular weight excluding hydrogens is 340 g/mol. The maximum Gasteiger partial charge on any atom is 0.305 e. The Morgan fingerprint density at radius 2 is 1.85 bits per heavy atom. The van der Waals surface area contributed by atoms with Crippen molar-refractivity contribution in [2.45, 2.75) is 31.8 Å². The van der Waals surface area contributed by atoms with Crippen LogP contribution in [-0.2, 0) is 25.6 Å². The number of benzene rings is 1. The number of amides is 3. The summed E-state index contributed by atoms with van der Waals surface area (Å²) in [7, 11) is 0. The van der Waals surface area contributed by atoms with E-state index >= 15 is 0 Å². The van der Waals surface area contributed by atoms with Crippen LogP contribution in [0.2, 0.25) is 0 Å². The van der Waals surface area contributed by atoms with E-state index in [1.54, 1.807) is 6.20 Å². The number of nitrogens with two attached hydrogens (primary N) is 1. The van der Waals surface area contributed by atoms with Crippen LogP contribution >= 0.6 is 0 Å². The fourth-order valence-electron chi connectivity index (χ4n) is 2.64. The van der Waals surface area contributed by atoms with Gasteiger partial charge in [-0.3, -0.25) is 19.2 Å². The summed E-state index contributed by atoms with van der Waals surface area (Å²) in [5, 5.41) is 14.5. The number of nitrogens with one attached hydrogen (secondary N) is 3. The van der Waals surface area contributed by atoms with Crippen molar-refractivity contribution in [1.82, 2.24) is 15.6 Å². The largest absolute Gasteiger partial charge is 0.481 e. The molecule has 9 nitrogen and oxygen atoms in total. The second-order valence-electron chi connectivity index (χ2n) is 5.88. The van der Waals surface area contributed by atoms with Crippen LogP contribution in [0.5, 0.6) is 0 Å². The molecule has 0 bridgehead atoms. The number of carboxylic acid groups (broad SMARTS) is 1. The van der Waals surface area contributed by atoms with E-state index in [1.165, 1.54) is 6.92 Å². The number of H-pyrrole nitrogens is 1. The summed E-state index contributed by atoms with van der Waals surface area (Å²) in [5.74, 6) is -3.36. The third-order valence-electron chi connectivity index (χ3n) is 3.83. The lowest BCUT2D eigenvalue weighted by Gasteiger charge is -2.20. The van der Waals surface area contributed by atoms with Gasteiger partial charge in [0.1, 0.15) is 12.1 Å². The molecule has 0 unspecified atom stereocenters. The summed E-state index contributed by atoms with van der Waals surface area (Å²) in [6.45, 7) is 1.17. The summed E-state index contributed by atoms with van der Waals surface area (Å²) >= 11 is 0. The minimum absolute atomic E-state index is 0.130. The average Bonchev–Trinajstić information content (AvgIpc) is 2.95. The van der Waals surface area contributed by atoms with Crippen molar-refractivity contribution in [2.75, 3.05) is 0 Å². The van der Waals surface area contributed by atoms with Gasteiger partial charge in [-0.2, -0.15) is 0 Å². The molecule has 2 atom stereocenters. The number of carbonyl (C=O) groups is 4. The van der Waals surface area contributed by atoms with Crippen LogP contribution in [0.25, 0.3) is 10.9 Å². The second kappa shape index (κ2) is 8.15. The third kappa shape index (κ3) is 4.82. The van der Waals surface area contributed by atoms with Gasteiger partial charge in [-0.15, -0.1) is 0 Å². The van der Waals surface area contributed by atoms with Crippen LogP contribution in [0.4, 0.5) is 0 Å². The molecule has 0 fully saturated rings. The van der Waals surface area contributed by atoms with Gasteiger partial charge in [0.15, 0.2) is 0 Å². The summed E-state index contributed by atoms with van der Waals surface area (Å²) < 4.78 is 0. The molecule has 0 radical (unpaired) electrons. The Bertz CT molecular complexity index is 829. The molecule has 2 aromatic rings. The molecule has 0 spiro atoms. The second-order valence-corrected chi connectivity index (χ2v) is 5.88. The van der Waals surface area contributed by atoms with Gasteiger partial charge in [-0.25, -0.2) is 0 Å². The molecule has 0 saturated heterocycles. The van der Waals surface area contributed by atoms with Crippen molar-refractivity contribution in [3.8, 4) is 0 Å². The molecule has 2 rings (SSSR count). The Hall–Kier alpha value is -3.36. The number of aromatic amines is 1.